The summed E-state index contributed by atoms with van der Waals surface area (Å²) >= 11 is 0. The number of rotatable bonds is 16. The molecule has 0 fully saturated rings. The zero-order valence-electron chi connectivity index (χ0n) is 15.5. The van der Waals surface area contributed by atoms with Crippen LogP contribution in [0.1, 0.15) is 90.9 Å². The summed E-state index contributed by atoms with van der Waals surface area (Å²) in [6.07, 6.45) is 12.0. The maximum absolute atomic E-state index is 11.9. The van der Waals surface area contributed by atoms with Crippen LogP contribution in [0.2, 0.25) is 0 Å². The van der Waals surface area contributed by atoms with Crippen molar-refractivity contribution in [3.05, 3.63) is 10.8 Å². The van der Waals surface area contributed by atoms with Crippen molar-refractivity contribution in [1.29, 1.82) is 0 Å². The fourth-order valence-electron chi connectivity index (χ4n) is 2.47. The summed E-state index contributed by atoms with van der Waals surface area (Å²) < 4.78 is 47.5. The van der Waals surface area contributed by atoms with Gasteiger partial charge in [-0.2, -0.15) is 0 Å². The third-order valence-corrected chi connectivity index (χ3v) is 7.02. The van der Waals surface area contributed by atoms with Crippen molar-refractivity contribution in [2.75, 3.05) is 11.5 Å². The average molecular weight is 381 g/mol. The third-order valence-electron chi connectivity index (χ3n) is 4.04. The summed E-state index contributed by atoms with van der Waals surface area (Å²) in [5.41, 5.74) is 0. The van der Waals surface area contributed by atoms with E-state index in [1.165, 1.54) is 12.8 Å². The summed E-state index contributed by atoms with van der Waals surface area (Å²) in [5.74, 6) is 0.0876. The lowest BCUT2D eigenvalue weighted by atomic mass is 10.1. The highest BCUT2D eigenvalue weighted by Gasteiger charge is 2.10. The Labute approximate surface area is 150 Å². The highest BCUT2D eigenvalue weighted by Crippen LogP contribution is 2.10. The summed E-state index contributed by atoms with van der Waals surface area (Å²) in [6.45, 7) is 4.28. The second-order valence-electron chi connectivity index (χ2n) is 6.54. The van der Waals surface area contributed by atoms with Gasteiger partial charge in [0.1, 0.15) is 0 Å². The van der Waals surface area contributed by atoms with Crippen LogP contribution in [0.5, 0.6) is 0 Å². The molecule has 0 saturated heterocycles. The van der Waals surface area contributed by atoms with Gasteiger partial charge in [0.05, 0.1) is 11.5 Å². The first-order valence-electron chi connectivity index (χ1n) is 9.46. The number of sulfone groups is 2. The van der Waals surface area contributed by atoms with E-state index in [4.69, 9.17) is 0 Å². The van der Waals surface area contributed by atoms with Gasteiger partial charge in [0.15, 0.2) is 19.7 Å². The molecule has 0 aliphatic carbocycles. The molecular formula is C18H36O4S2. The molecule has 0 heterocycles. The molecule has 0 N–H and O–H groups in total. The smallest absolute Gasteiger partial charge is 0.172 e. The molecule has 4 nitrogen and oxygen atoms in total. The zero-order valence-corrected chi connectivity index (χ0v) is 17.1. The monoisotopic (exact) mass is 380 g/mol. The molecule has 0 amide bonds. The zero-order chi connectivity index (χ0) is 18.3. The van der Waals surface area contributed by atoms with E-state index in [0.717, 1.165) is 62.2 Å². The standard InChI is InChI=1S/C18H36O4S2/c1-3-5-7-9-11-13-15-23(19,20)17-18-24(21,22)16-14-12-10-8-6-4-2/h17-18H,3-16H2,1-2H3. The molecule has 0 aromatic rings. The number of hydrogen-bond acceptors (Lipinski definition) is 4. The Kier molecular flexibility index (Phi) is 13.7. The predicted octanol–water partition coefficient (Wildman–Crippen LogP) is 5.01. The Morgan fingerprint density at radius 3 is 1.12 bits per heavy atom. The van der Waals surface area contributed by atoms with Crippen molar-refractivity contribution in [2.24, 2.45) is 0 Å². The van der Waals surface area contributed by atoms with Crippen LogP contribution in [0.4, 0.5) is 0 Å². The first-order chi connectivity index (χ1) is 11.3. The van der Waals surface area contributed by atoms with E-state index in [2.05, 4.69) is 13.8 Å². The summed E-state index contributed by atoms with van der Waals surface area (Å²) in [7, 11) is -6.82. The average Bonchev–Trinajstić information content (AvgIpc) is 2.52. The van der Waals surface area contributed by atoms with Gasteiger partial charge in [0.2, 0.25) is 0 Å². The molecule has 0 bridgehead atoms. The van der Waals surface area contributed by atoms with Gasteiger partial charge < -0.3 is 0 Å². The Hall–Kier alpha value is -0.360. The molecule has 0 rings (SSSR count). The van der Waals surface area contributed by atoms with Crippen LogP contribution >= 0.6 is 0 Å². The van der Waals surface area contributed by atoms with Crippen molar-refractivity contribution in [3.63, 3.8) is 0 Å². The third kappa shape index (κ3) is 15.2. The number of hydrogen-bond donors (Lipinski definition) is 0. The topological polar surface area (TPSA) is 68.3 Å². The van der Waals surface area contributed by atoms with Crippen molar-refractivity contribution in [2.45, 2.75) is 90.9 Å². The van der Waals surface area contributed by atoms with Gasteiger partial charge in [-0.05, 0) is 12.8 Å². The highest BCUT2D eigenvalue weighted by atomic mass is 32.2. The van der Waals surface area contributed by atoms with Gasteiger partial charge in [-0.25, -0.2) is 16.8 Å². The number of unbranched alkanes of at least 4 members (excludes halogenated alkanes) is 10. The summed E-state index contributed by atoms with van der Waals surface area (Å²) in [6, 6.07) is 0. The first kappa shape index (κ1) is 23.6. The Bertz CT molecular complexity index is 471. The van der Waals surface area contributed by atoms with Crippen LogP contribution in [0.25, 0.3) is 0 Å². The van der Waals surface area contributed by atoms with Crippen LogP contribution in [0.3, 0.4) is 0 Å². The lowest BCUT2D eigenvalue weighted by Crippen LogP contribution is -2.06. The second-order valence-corrected chi connectivity index (χ2v) is 10.6. The van der Waals surface area contributed by atoms with E-state index >= 15 is 0 Å². The van der Waals surface area contributed by atoms with Crippen LogP contribution in [-0.4, -0.2) is 28.3 Å². The molecule has 144 valence electrons. The predicted molar refractivity (Wildman–Crippen MR) is 103 cm³/mol. The Balaban J connectivity index is 4.04. The van der Waals surface area contributed by atoms with Gasteiger partial charge in [0, 0.05) is 10.8 Å². The minimum absolute atomic E-state index is 0.0438. The summed E-state index contributed by atoms with van der Waals surface area (Å²) in [5, 5.41) is 1.79. The van der Waals surface area contributed by atoms with Crippen LogP contribution in [0, 0.1) is 0 Å². The van der Waals surface area contributed by atoms with Crippen LogP contribution in [0.15, 0.2) is 10.8 Å². The van der Waals surface area contributed by atoms with Crippen molar-refractivity contribution < 1.29 is 16.8 Å². The highest BCUT2D eigenvalue weighted by molar-refractivity contribution is 7.97. The van der Waals surface area contributed by atoms with Crippen molar-refractivity contribution in [3.8, 4) is 0 Å². The van der Waals surface area contributed by atoms with Crippen molar-refractivity contribution in [1.82, 2.24) is 0 Å². The summed E-state index contributed by atoms with van der Waals surface area (Å²) in [4.78, 5) is 0. The van der Waals surface area contributed by atoms with E-state index in [0.29, 0.717) is 12.8 Å². The van der Waals surface area contributed by atoms with E-state index in [9.17, 15) is 16.8 Å². The molecule has 24 heavy (non-hydrogen) atoms. The van der Waals surface area contributed by atoms with Gasteiger partial charge >= 0.3 is 0 Å². The quantitative estimate of drug-likeness (QED) is 0.353. The molecule has 0 aromatic carbocycles. The molecule has 0 radical (unpaired) electrons. The van der Waals surface area contributed by atoms with Gasteiger partial charge in [-0.3, -0.25) is 0 Å². The molecular weight excluding hydrogens is 344 g/mol. The fourth-order valence-corrected chi connectivity index (χ4v) is 5.31. The molecule has 0 saturated carbocycles. The Morgan fingerprint density at radius 1 is 0.500 bits per heavy atom. The van der Waals surface area contributed by atoms with E-state index < -0.39 is 19.7 Å². The first-order valence-corrected chi connectivity index (χ1v) is 12.9. The van der Waals surface area contributed by atoms with E-state index in [1.807, 2.05) is 0 Å². The normalized spacial score (nSPS) is 12.9. The van der Waals surface area contributed by atoms with E-state index in [-0.39, 0.29) is 11.5 Å². The van der Waals surface area contributed by atoms with Crippen molar-refractivity contribution >= 4 is 19.7 Å². The largest absolute Gasteiger partial charge is 0.224 e. The van der Waals surface area contributed by atoms with Gasteiger partial charge in [-0.1, -0.05) is 78.1 Å². The molecule has 0 atom stereocenters. The maximum atomic E-state index is 11.9. The van der Waals surface area contributed by atoms with Crippen LogP contribution in [-0.2, 0) is 19.7 Å². The van der Waals surface area contributed by atoms with Gasteiger partial charge in [-0.15, -0.1) is 0 Å². The minimum atomic E-state index is -3.41. The molecule has 6 heteroatoms. The molecule has 0 spiro atoms. The fraction of sp³-hybridized carbons (Fsp3) is 0.889. The molecule has 0 unspecified atom stereocenters. The molecule has 0 aliphatic heterocycles. The van der Waals surface area contributed by atoms with Gasteiger partial charge in [0.25, 0.3) is 0 Å². The van der Waals surface area contributed by atoms with E-state index in [1.54, 1.807) is 0 Å². The minimum Gasteiger partial charge on any atom is -0.224 e. The second kappa shape index (κ2) is 13.9. The molecule has 0 aromatic heterocycles. The lowest BCUT2D eigenvalue weighted by Gasteiger charge is -2.02. The SMILES string of the molecule is CCCCCCCCS(=O)(=O)C=CS(=O)(=O)CCCCCCCC. The maximum Gasteiger partial charge on any atom is 0.172 e. The van der Waals surface area contributed by atoms with Crippen LogP contribution < -0.4 is 0 Å². The lowest BCUT2D eigenvalue weighted by molar-refractivity contribution is 0.587. The Morgan fingerprint density at radius 2 is 0.792 bits per heavy atom. The molecule has 0 aliphatic rings.